The Hall–Kier alpha value is -1.44. The third-order valence-corrected chi connectivity index (χ3v) is 5.74. The largest absolute Gasteiger partial charge is 0.337 e. The van der Waals surface area contributed by atoms with Gasteiger partial charge in [-0.05, 0) is 24.6 Å². The maximum atomic E-state index is 12.7. The molecule has 2 saturated heterocycles. The zero-order chi connectivity index (χ0) is 16.4. The van der Waals surface area contributed by atoms with Gasteiger partial charge in [-0.15, -0.1) is 0 Å². The molecule has 0 aliphatic carbocycles. The summed E-state index contributed by atoms with van der Waals surface area (Å²) < 4.78 is 23.3. The summed E-state index contributed by atoms with van der Waals surface area (Å²) in [5, 5.41) is 3.34. The number of hydrogen-bond acceptors (Lipinski definition) is 5. The van der Waals surface area contributed by atoms with Gasteiger partial charge in [0.05, 0.1) is 4.90 Å². The van der Waals surface area contributed by atoms with Gasteiger partial charge < -0.3 is 10.2 Å². The number of nitrogens with zero attached hydrogens (tertiary/aromatic N) is 2. The number of hydrogen-bond donors (Lipinski definition) is 1. The molecule has 1 aromatic rings. The molecule has 0 radical (unpaired) electrons. The van der Waals surface area contributed by atoms with Crippen molar-refractivity contribution in [3.63, 3.8) is 0 Å². The molecule has 1 atom stereocenters. The number of rotatable bonds is 3. The first-order chi connectivity index (χ1) is 10.9. The van der Waals surface area contributed by atoms with E-state index in [0.717, 1.165) is 51.9 Å². The van der Waals surface area contributed by atoms with Crippen molar-refractivity contribution >= 4 is 15.7 Å². The molecule has 0 aromatic heterocycles. The first kappa shape index (κ1) is 16.4. The Morgan fingerprint density at radius 2 is 1.96 bits per heavy atom. The predicted octanol–water partition coefficient (Wildman–Crippen LogP) is 0.210. The van der Waals surface area contributed by atoms with Gasteiger partial charge in [-0.2, -0.15) is 0 Å². The Morgan fingerprint density at radius 1 is 1.22 bits per heavy atom. The van der Waals surface area contributed by atoms with Crippen LogP contribution in [0.5, 0.6) is 0 Å². The molecule has 0 saturated carbocycles. The highest BCUT2D eigenvalue weighted by Crippen LogP contribution is 2.20. The molecule has 1 aromatic carbocycles. The number of likely N-dealkylation sites (tertiary alicyclic amines) is 1. The zero-order valence-electron chi connectivity index (χ0n) is 13.4. The maximum absolute atomic E-state index is 12.7. The topological polar surface area (TPSA) is 69.7 Å². The van der Waals surface area contributed by atoms with Crippen molar-refractivity contribution in [3.05, 3.63) is 29.8 Å². The van der Waals surface area contributed by atoms with Crippen LogP contribution in [0, 0.1) is 0 Å². The van der Waals surface area contributed by atoms with Crippen LogP contribution in [0.25, 0.3) is 0 Å². The average Bonchev–Trinajstić information content (AvgIpc) is 3.04. The predicted molar refractivity (Wildman–Crippen MR) is 88.3 cm³/mol. The van der Waals surface area contributed by atoms with Gasteiger partial charge in [0.25, 0.3) is 5.91 Å². The van der Waals surface area contributed by atoms with Crippen LogP contribution in [-0.2, 0) is 9.84 Å². The molecule has 126 valence electrons. The van der Waals surface area contributed by atoms with E-state index >= 15 is 0 Å². The molecule has 23 heavy (non-hydrogen) atoms. The molecule has 2 fully saturated rings. The van der Waals surface area contributed by atoms with Crippen LogP contribution in [0.15, 0.2) is 29.2 Å². The van der Waals surface area contributed by atoms with Gasteiger partial charge in [-0.25, -0.2) is 8.42 Å². The number of amides is 1. The van der Waals surface area contributed by atoms with Gasteiger partial charge in [0.15, 0.2) is 9.84 Å². The molecule has 6 nitrogen and oxygen atoms in total. The van der Waals surface area contributed by atoms with Crippen LogP contribution in [0.1, 0.15) is 16.8 Å². The SMILES string of the molecule is CS(=O)(=O)c1cccc(C(=O)N2CCC(N3CCNCC3)C2)c1. The van der Waals surface area contributed by atoms with Gasteiger partial charge in [-0.1, -0.05) is 6.07 Å². The van der Waals surface area contributed by atoms with Crippen LogP contribution < -0.4 is 5.32 Å². The van der Waals surface area contributed by atoms with E-state index in [9.17, 15) is 13.2 Å². The second-order valence-corrected chi connectivity index (χ2v) is 8.30. The lowest BCUT2D eigenvalue weighted by molar-refractivity contribution is 0.0773. The minimum atomic E-state index is -3.30. The van der Waals surface area contributed by atoms with E-state index in [4.69, 9.17) is 0 Å². The van der Waals surface area contributed by atoms with E-state index < -0.39 is 9.84 Å². The second kappa shape index (κ2) is 6.59. The lowest BCUT2D eigenvalue weighted by Gasteiger charge is -2.32. The summed E-state index contributed by atoms with van der Waals surface area (Å²) in [6.07, 6.45) is 2.14. The highest BCUT2D eigenvalue weighted by Gasteiger charge is 2.31. The summed E-state index contributed by atoms with van der Waals surface area (Å²) in [6.45, 7) is 5.51. The van der Waals surface area contributed by atoms with Gasteiger partial charge in [0.2, 0.25) is 0 Å². The smallest absolute Gasteiger partial charge is 0.253 e. The van der Waals surface area contributed by atoms with Gasteiger partial charge in [-0.3, -0.25) is 9.69 Å². The normalized spacial score (nSPS) is 23.2. The average molecular weight is 337 g/mol. The standard InChI is InChI=1S/C16H23N3O3S/c1-23(21,22)15-4-2-3-13(11-15)16(20)19-8-5-14(12-19)18-9-6-17-7-10-18/h2-4,11,14,17H,5-10,12H2,1H3. The monoisotopic (exact) mass is 337 g/mol. The van der Waals surface area contributed by atoms with Crippen LogP contribution in [0.3, 0.4) is 0 Å². The molecule has 1 amide bonds. The summed E-state index contributed by atoms with van der Waals surface area (Å²) in [4.78, 5) is 17.1. The molecule has 3 rings (SSSR count). The lowest BCUT2D eigenvalue weighted by atomic mass is 10.2. The van der Waals surface area contributed by atoms with Crippen molar-refractivity contribution in [2.45, 2.75) is 17.4 Å². The van der Waals surface area contributed by atoms with Crippen molar-refractivity contribution in [3.8, 4) is 0 Å². The van der Waals surface area contributed by atoms with E-state index in [-0.39, 0.29) is 10.8 Å². The number of carbonyl (C=O) groups is 1. The van der Waals surface area contributed by atoms with Crippen LogP contribution in [-0.4, -0.2) is 75.7 Å². The number of carbonyl (C=O) groups excluding carboxylic acids is 1. The third-order valence-electron chi connectivity index (χ3n) is 4.63. The molecule has 0 spiro atoms. The Balaban J connectivity index is 1.69. The second-order valence-electron chi connectivity index (χ2n) is 6.28. The van der Waals surface area contributed by atoms with Gasteiger partial charge >= 0.3 is 0 Å². The zero-order valence-corrected chi connectivity index (χ0v) is 14.2. The third kappa shape index (κ3) is 3.73. The Bertz CT molecular complexity index is 684. The van der Waals surface area contributed by atoms with E-state index in [1.165, 1.54) is 12.1 Å². The summed E-state index contributed by atoms with van der Waals surface area (Å²) in [7, 11) is -3.30. The highest BCUT2D eigenvalue weighted by molar-refractivity contribution is 7.90. The van der Waals surface area contributed by atoms with Crippen molar-refractivity contribution in [2.75, 3.05) is 45.5 Å². The molecular weight excluding hydrogens is 314 g/mol. The van der Waals surface area contributed by atoms with E-state index in [1.807, 2.05) is 4.90 Å². The van der Waals surface area contributed by atoms with Gasteiger partial charge in [0, 0.05) is 57.1 Å². The molecule has 2 aliphatic heterocycles. The summed E-state index contributed by atoms with van der Waals surface area (Å²) in [6, 6.07) is 6.75. The minimum absolute atomic E-state index is 0.0758. The highest BCUT2D eigenvalue weighted by atomic mass is 32.2. The summed E-state index contributed by atoms with van der Waals surface area (Å²) >= 11 is 0. The molecule has 7 heteroatoms. The first-order valence-electron chi connectivity index (χ1n) is 7.99. The van der Waals surface area contributed by atoms with Crippen molar-refractivity contribution in [1.29, 1.82) is 0 Å². The molecular formula is C16H23N3O3S. The molecule has 0 bridgehead atoms. The van der Waals surface area contributed by atoms with Crippen LogP contribution in [0.4, 0.5) is 0 Å². The van der Waals surface area contributed by atoms with Crippen molar-refractivity contribution in [2.24, 2.45) is 0 Å². The van der Waals surface area contributed by atoms with Crippen molar-refractivity contribution in [1.82, 2.24) is 15.1 Å². The minimum Gasteiger partial charge on any atom is -0.337 e. The van der Waals surface area contributed by atoms with Gasteiger partial charge in [0.1, 0.15) is 0 Å². The number of nitrogens with one attached hydrogen (secondary N) is 1. The molecule has 1 N–H and O–H groups in total. The van der Waals surface area contributed by atoms with Crippen molar-refractivity contribution < 1.29 is 13.2 Å². The summed E-state index contributed by atoms with van der Waals surface area (Å²) in [5.41, 5.74) is 0.453. The van der Waals surface area contributed by atoms with E-state index in [2.05, 4.69) is 10.2 Å². The van der Waals surface area contributed by atoms with Crippen LogP contribution >= 0.6 is 0 Å². The number of sulfone groups is 1. The fraction of sp³-hybridized carbons (Fsp3) is 0.562. The quantitative estimate of drug-likeness (QED) is 0.854. The molecule has 2 aliphatic rings. The summed E-state index contributed by atoms with van der Waals surface area (Å²) in [5.74, 6) is -0.0758. The van der Waals surface area contributed by atoms with E-state index in [1.54, 1.807) is 12.1 Å². The Kier molecular flexibility index (Phi) is 4.70. The van der Waals surface area contributed by atoms with E-state index in [0.29, 0.717) is 11.6 Å². The molecule has 1 unspecified atom stereocenters. The van der Waals surface area contributed by atoms with Crippen LogP contribution in [0.2, 0.25) is 0 Å². The Labute approximate surface area is 137 Å². The molecule has 2 heterocycles. The Morgan fingerprint density at radius 3 is 2.65 bits per heavy atom. The lowest BCUT2D eigenvalue weighted by Crippen LogP contribution is -2.49. The fourth-order valence-electron chi connectivity index (χ4n) is 3.31. The number of piperazine rings is 1. The first-order valence-corrected chi connectivity index (χ1v) is 9.88. The number of benzene rings is 1. The maximum Gasteiger partial charge on any atom is 0.253 e. The fourth-order valence-corrected chi connectivity index (χ4v) is 3.98.